The van der Waals surface area contributed by atoms with E-state index in [-0.39, 0.29) is 12.5 Å². The molecule has 29 heavy (non-hydrogen) atoms. The molecule has 2 aromatic carbocycles. The first kappa shape index (κ1) is 19.1. The Balaban J connectivity index is 1.45. The van der Waals surface area contributed by atoms with Gasteiger partial charge in [-0.2, -0.15) is 0 Å². The van der Waals surface area contributed by atoms with Crippen molar-refractivity contribution in [3.05, 3.63) is 54.1 Å². The van der Waals surface area contributed by atoms with Crippen LogP contribution in [0.3, 0.4) is 0 Å². The van der Waals surface area contributed by atoms with Crippen molar-refractivity contribution in [1.82, 2.24) is 14.8 Å². The van der Waals surface area contributed by atoms with Crippen LogP contribution in [0.5, 0.6) is 0 Å². The summed E-state index contributed by atoms with van der Waals surface area (Å²) in [6, 6.07) is 14.4. The van der Waals surface area contributed by atoms with E-state index in [1.165, 1.54) is 0 Å². The second-order valence-corrected chi connectivity index (χ2v) is 6.92. The van der Waals surface area contributed by atoms with Crippen LogP contribution in [-0.2, 0) is 9.53 Å². The molecule has 150 valence electrons. The van der Waals surface area contributed by atoms with Crippen LogP contribution in [0.25, 0.3) is 22.6 Å². The number of carbonyl (C=O) groups excluding carboxylic acids is 2. The van der Waals surface area contributed by atoms with Gasteiger partial charge in [-0.05, 0) is 30.8 Å². The van der Waals surface area contributed by atoms with E-state index in [0.29, 0.717) is 41.2 Å². The Bertz CT molecular complexity index is 989. The number of hydrogen-bond donors (Lipinski definition) is 0. The number of hydrogen-bond acceptors (Lipinski definition) is 6. The Morgan fingerprint density at radius 3 is 2.52 bits per heavy atom. The summed E-state index contributed by atoms with van der Waals surface area (Å²) < 4.78 is 11.1. The summed E-state index contributed by atoms with van der Waals surface area (Å²) >= 11 is 0. The quantitative estimate of drug-likeness (QED) is 0.621. The van der Waals surface area contributed by atoms with Gasteiger partial charge in [-0.15, -0.1) is 0 Å². The Morgan fingerprint density at radius 2 is 1.76 bits per heavy atom. The topological polar surface area (TPSA) is 75.9 Å². The van der Waals surface area contributed by atoms with Gasteiger partial charge < -0.3 is 19.0 Å². The molecule has 0 atom stereocenters. The summed E-state index contributed by atoms with van der Waals surface area (Å²) in [7, 11) is 0. The number of fused-ring (bicyclic) bond motifs is 1. The maximum absolute atomic E-state index is 12.7. The molecule has 1 aliphatic rings. The van der Waals surface area contributed by atoms with E-state index in [0.717, 1.165) is 19.6 Å². The van der Waals surface area contributed by atoms with Crippen LogP contribution >= 0.6 is 0 Å². The molecule has 0 aliphatic carbocycles. The van der Waals surface area contributed by atoms with Crippen LogP contribution in [0.2, 0.25) is 0 Å². The lowest BCUT2D eigenvalue weighted by atomic mass is 10.1. The molecule has 1 saturated heterocycles. The fourth-order valence-electron chi connectivity index (χ4n) is 3.44. The van der Waals surface area contributed by atoms with Crippen molar-refractivity contribution in [2.75, 3.05) is 39.3 Å². The summed E-state index contributed by atoms with van der Waals surface area (Å²) in [4.78, 5) is 33.6. The first-order valence-corrected chi connectivity index (χ1v) is 9.78. The highest BCUT2D eigenvalue weighted by Gasteiger charge is 2.23. The molecule has 0 bridgehead atoms. The van der Waals surface area contributed by atoms with Gasteiger partial charge in [0.2, 0.25) is 5.89 Å². The van der Waals surface area contributed by atoms with Gasteiger partial charge in [0.15, 0.2) is 12.2 Å². The molecule has 2 heterocycles. The smallest absolute Gasteiger partial charge is 0.339 e. The molecule has 0 N–H and O–H groups in total. The number of ether oxygens (including phenoxy) is 1. The Labute approximate surface area is 168 Å². The number of piperazine rings is 1. The number of likely N-dealkylation sites (N-methyl/N-ethyl adjacent to an activating group) is 1. The van der Waals surface area contributed by atoms with Crippen LogP contribution in [-0.4, -0.2) is 66.0 Å². The van der Waals surface area contributed by atoms with E-state index in [4.69, 9.17) is 9.15 Å². The molecule has 7 nitrogen and oxygen atoms in total. The molecule has 1 aliphatic heterocycles. The lowest BCUT2D eigenvalue weighted by Gasteiger charge is -2.33. The molecule has 7 heteroatoms. The standard InChI is InChI=1S/C22H23N3O4/c1-2-24-11-13-25(14-12-24)20(26)15-28-22(27)17-8-4-3-7-16(17)21-23-18-9-5-6-10-19(18)29-21/h3-10H,2,11-15H2,1H3. The molecule has 1 fully saturated rings. The number of para-hydroxylation sites is 2. The van der Waals surface area contributed by atoms with Gasteiger partial charge in [-0.3, -0.25) is 4.79 Å². The molecule has 1 amide bonds. The van der Waals surface area contributed by atoms with E-state index >= 15 is 0 Å². The van der Waals surface area contributed by atoms with Gasteiger partial charge >= 0.3 is 5.97 Å². The van der Waals surface area contributed by atoms with Crippen LogP contribution in [0.4, 0.5) is 0 Å². The fraction of sp³-hybridized carbons (Fsp3) is 0.318. The van der Waals surface area contributed by atoms with Crippen molar-refractivity contribution in [3.63, 3.8) is 0 Å². The minimum atomic E-state index is -0.566. The molecule has 1 aromatic heterocycles. The summed E-state index contributed by atoms with van der Waals surface area (Å²) in [5.74, 6) is -0.391. The number of aromatic nitrogens is 1. The zero-order chi connectivity index (χ0) is 20.2. The first-order chi connectivity index (χ1) is 14.2. The van der Waals surface area contributed by atoms with E-state index < -0.39 is 5.97 Å². The second kappa shape index (κ2) is 8.45. The molecular formula is C22H23N3O4. The fourth-order valence-corrected chi connectivity index (χ4v) is 3.44. The number of nitrogens with zero attached hydrogens (tertiary/aromatic N) is 3. The van der Waals surface area contributed by atoms with Gasteiger partial charge in [-0.1, -0.05) is 31.2 Å². The van der Waals surface area contributed by atoms with Crippen molar-refractivity contribution < 1.29 is 18.7 Å². The van der Waals surface area contributed by atoms with Crippen LogP contribution in [0.1, 0.15) is 17.3 Å². The maximum atomic E-state index is 12.7. The summed E-state index contributed by atoms with van der Waals surface area (Å²) in [6.45, 7) is 5.81. The lowest BCUT2D eigenvalue weighted by Crippen LogP contribution is -2.49. The third-order valence-electron chi connectivity index (χ3n) is 5.17. The van der Waals surface area contributed by atoms with E-state index in [1.54, 1.807) is 29.2 Å². The van der Waals surface area contributed by atoms with Gasteiger partial charge in [0.25, 0.3) is 5.91 Å². The monoisotopic (exact) mass is 393 g/mol. The Hall–Kier alpha value is -3.19. The molecule has 0 unspecified atom stereocenters. The predicted octanol–water partition coefficient (Wildman–Crippen LogP) is 2.82. The number of benzene rings is 2. The molecule has 0 radical (unpaired) electrons. The summed E-state index contributed by atoms with van der Waals surface area (Å²) in [5.41, 5.74) is 2.22. The van der Waals surface area contributed by atoms with Crippen molar-refractivity contribution in [3.8, 4) is 11.5 Å². The Kier molecular flexibility index (Phi) is 5.57. The molecule has 0 saturated carbocycles. The average molecular weight is 393 g/mol. The van der Waals surface area contributed by atoms with Crippen molar-refractivity contribution in [2.24, 2.45) is 0 Å². The highest BCUT2D eigenvalue weighted by molar-refractivity contribution is 5.97. The highest BCUT2D eigenvalue weighted by atomic mass is 16.5. The number of esters is 1. The van der Waals surface area contributed by atoms with E-state index in [1.807, 2.05) is 24.3 Å². The number of carbonyl (C=O) groups is 2. The van der Waals surface area contributed by atoms with Gasteiger partial charge in [0, 0.05) is 26.2 Å². The second-order valence-electron chi connectivity index (χ2n) is 6.92. The van der Waals surface area contributed by atoms with Gasteiger partial charge in [0.1, 0.15) is 5.52 Å². The first-order valence-electron chi connectivity index (χ1n) is 9.78. The minimum Gasteiger partial charge on any atom is -0.452 e. The Morgan fingerprint density at radius 1 is 1.03 bits per heavy atom. The summed E-state index contributed by atoms with van der Waals surface area (Å²) in [6.07, 6.45) is 0. The van der Waals surface area contributed by atoms with Crippen LogP contribution < -0.4 is 0 Å². The lowest BCUT2D eigenvalue weighted by molar-refractivity contribution is -0.136. The third-order valence-corrected chi connectivity index (χ3v) is 5.17. The zero-order valence-corrected chi connectivity index (χ0v) is 16.3. The highest BCUT2D eigenvalue weighted by Crippen LogP contribution is 2.27. The molecular weight excluding hydrogens is 370 g/mol. The van der Waals surface area contributed by atoms with E-state index in [2.05, 4.69) is 16.8 Å². The average Bonchev–Trinajstić information content (AvgIpc) is 3.21. The summed E-state index contributed by atoms with van der Waals surface area (Å²) in [5, 5.41) is 0. The minimum absolute atomic E-state index is 0.173. The number of amides is 1. The van der Waals surface area contributed by atoms with Crippen molar-refractivity contribution in [1.29, 1.82) is 0 Å². The number of rotatable bonds is 5. The van der Waals surface area contributed by atoms with Gasteiger partial charge in [-0.25, -0.2) is 9.78 Å². The SMILES string of the molecule is CCN1CCN(C(=O)COC(=O)c2ccccc2-c2nc3ccccc3o2)CC1. The third kappa shape index (κ3) is 4.14. The zero-order valence-electron chi connectivity index (χ0n) is 16.3. The maximum Gasteiger partial charge on any atom is 0.339 e. The molecule has 3 aromatic rings. The molecule has 4 rings (SSSR count). The van der Waals surface area contributed by atoms with Crippen molar-refractivity contribution >= 4 is 23.0 Å². The normalized spacial score (nSPS) is 14.9. The van der Waals surface area contributed by atoms with Gasteiger partial charge in [0.05, 0.1) is 11.1 Å². The number of oxazole rings is 1. The van der Waals surface area contributed by atoms with Crippen LogP contribution in [0, 0.1) is 0 Å². The molecule has 0 spiro atoms. The predicted molar refractivity (Wildman–Crippen MR) is 108 cm³/mol. The van der Waals surface area contributed by atoms with Crippen molar-refractivity contribution in [2.45, 2.75) is 6.92 Å². The largest absolute Gasteiger partial charge is 0.452 e. The van der Waals surface area contributed by atoms with E-state index in [9.17, 15) is 9.59 Å². The van der Waals surface area contributed by atoms with Crippen LogP contribution in [0.15, 0.2) is 52.9 Å².